The molecule has 6 heteroatoms. The third-order valence-corrected chi connectivity index (χ3v) is 3.83. The van der Waals surface area contributed by atoms with Gasteiger partial charge in [0.05, 0.1) is 5.92 Å². The van der Waals surface area contributed by atoms with E-state index < -0.39 is 23.5 Å². The van der Waals surface area contributed by atoms with E-state index in [2.05, 4.69) is 10.6 Å². The molecule has 118 valence electrons. The molecule has 1 aliphatic heterocycles. The molecule has 1 aliphatic rings. The number of benzene rings is 2. The molecule has 0 fully saturated rings. The van der Waals surface area contributed by atoms with Crippen molar-refractivity contribution in [2.45, 2.75) is 19.3 Å². The lowest BCUT2D eigenvalue weighted by Gasteiger charge is -2.25. The van der Waals surface area contributed by atoms with E-state index >= 15 is 0 Å². The van der Waals surface area contributed by atoms with Gasteiger partial charge in [-0.1, -0.05) is 12.1 Å². The van der Waals surface area contributed by atoms with E-state index in [1.807, 2.05) is 0 Å². The van der Waals surface area contributed by atoms with Gasteiger partial charge < -0.3 is 10.6 Å². The highest BCUT2D eigenvalue weighted by Crippen LogP contribution is 2.33. The van der Waals surface area contributed by atoms with Gasteiger partial charge in [0.15, 0.2) is 0 Å². The Bertz CT molecular complexity index is 805. The van der Waals surface area contributed by atoms with Gasteiger partial charge in [-0.05, 0) is 42.3 Å². The zero-order chi connectivity index (χ0) is 16.6. The van der Waals surface area contributed by atoms with E-state index in [9.17, 15) is 18.4 Å². The van der Waals surface area contributed by atoms with Crippen molar-refractivity contribution in [3.63, 3.8) is 0 Å². The van der Waals surface area contributed by atoms with Gasteiger partial charge in [0.2, 0.25) is 11.8 Å². The van der Waals surface area contributed by atoms with Crippen LogP contribution in [0.1, 0.15) is 23.5 Å². The predicted octanol–water partition coefficient (Wildman–Crippen LogP) is 3.34. The number of amides is 2. The smallest absolute Gasteiger partial charge is 0.232 e. The summed E-state index contributed by atoms with van der Waals surface area (Å²) in [6.45, 7) is 1.74. The van der Waals surface area contributed by atoms with E-state index in [0.29, 0.717) is 16.8 Å². The molecule has 0 aromatic heterocycles. The van der Waals surface area contributed by atoms with Crippen molar-refractivity contribution in [1.82, 2.24) is 0 Å². The number of hydrogen-bond donors (Lipinski definition) is 2. The normalized spacial score (nSPS) is 16.5. The van der Waals surface area contributed by atoms with Crippen molar-refractivity contribution in [3.05, 3.63) is 59.2 Å². The fraction of sp³-hybridized carbons (Fsp3) is 0.176. The lowest BCUT2D eigenvalue weighted by atomic mass is 9.89. The van der Waals surface area contributed by atoms with Crippen LogP contribution in [0.25, 0.3) is 0 Å². The van der Waals surface area contributed by atoms with Crippen LogP contribution in [-0.2, 0) is 9.59 Å². The molecule has 0 bridgehead atoms. The van der Waals surface area contributed by atoms with Crippen LogP contribution < -0.4 is 10.6 Å². The lowest BCUT2D eigenvalue weighted by Crippen LogP contribution is -2.31. The first-order valence-corrected chi connectivity index (χ1v) is 7.10. The summed E-state index contributed by atoms with van der Waals surface area (Å²) in [5.74, 6) is -2.50. The maximum Gasteiger partial charge on any atom is 0.232 e. The molecule has 2 N–H and O–H groups in total. The molecule has 2 amide bonds. The average molecular weight is 316 g/mol. The summed E-state index contributed by atoms with van der Waals surface area (Å²) >= 11 is 0. The molecule has 2 aromatic rings. The Morgan fingerprint density at radius 1 is 1.17 bits per heavy atom. The standard InChI is InChI=1S/C17H14F2N2O2/c1-9-2-3-10(18)6-14(9)21-17(23)13-8-16(22)20-15-7-11(19)4-5-12(13)15/h2-7,13H,8H2,1H3,(H,20,22)(H,21,23). The summed E-state index contributed by atoms with van der Waals surface area (Å²) in [6, 6.07) is 7.98. The first-order chi connectivity index (χ1) is 10.9. The van der Waals surface area contributed by atoms with E-state index in [1.165, 1.54) is 30.3 Å². The second-order valence-corrected chi connectivity index (χ2v) is 5.48. The van der Waals surface area contributed by atoms with Crippen LogP contribution >= 0.6 is 0 Å². The van der Waals surface area contributed by atoms with Gasteiger partial charge in [-0.25, -0.2) is 8.78 Å². The van der Waals surface area contributed by atoms with Gasteiger partial charge in [-0.15, -0.1) is 0 Å². The fourth-order valence-electron chi connectivity index (χ4n) is 2.62. The van der Waals surface area contributed by atoms with Gasteiger partial charge in [0, 0.05) is 17.8 Å². The molecule has 0 saturated heterocycles. The number of fused-ring (bicyclic) bond motifs is 1. The van der Waals surface area contributed by atoms with E-state index in [-0.39, 0.29) is 18.0 Å². The van der Waals surface area contributed by atoms with E-state index in [0.717, 1.165) is 0 Å². The van der Waals surface area contributed by atoms with Crippen LogP contribution in [0.3, 0.4) is 0 Å². The van der Waals surface area contributed by atoms with Crippen molar-refractivity contribution in [3.8, 4) is 0 Å². The third-order valence-electron chi connectivity index (χ3n) is 3.83. The molecule has 0 radical (unpaired) electrons. The molecule has 2 aromatic carbocycles. The van der Waals surface area contributed by atoms with Crippen molar-refractivity contribution < 1.29 is 18.4 Å². The summed E-state index contributed by atoms with van der Waals surface area (Å²) in [5, 5.41) is 5.20. The quantitative estimate of drug-likeness (QED) is 0.893. The summed E-state index contributed by atoms with van der Waals surface area (Å²) in [6.07, 6.45) is -0.0428. The fourth-order valence-corrected chi connectivity index (χ4v) is 2.62. The molecule has 23 heavy (non-hydrogen) atoms. The minimum Gasteiger partial charge on any atom is -0.326 e. The Morgan fingerprint density at radius 3 is 2.65 bits per heavy atom. The zero-order valence-corrected chi connectivity index (χ0v) is 12.3. The largest absolute Gasteiger partial charge is 0.326 e. The summed E-state index contributed by atoms with van der Waals surface area (Å²) < 4.78 is 26.6. The number of anilines is 2. The first kappa shape index (κ1) is 15.1. The number of hydrogen-bond acceptors (Lipinski definition) is 2. The highest BCUT2D eigenvalue weighted by Gasteiger charge is 2.31. The number of rotatable bonds is 2. The average Bonchev–Trinajstić information content (AvgIpc) is 2.49. The zero-order valence-electron chi connectivity index (χ0n) is 12.3. The van der Waals surface area contributed by atoms with E-state index in [4.69, 9.17) is 0 Å². The van der Waals surface area contributed by atoms with Gasteiger partial charge in [-0.2, -0.15) is 0 Å². The van der Waals surface area contributed by atoms with Crippen LogP contribution in [-0.4, -0.2) is 11.8 Å². The highest BCUT2D eigenvalue weighted by atomic mass is 19.1. The monoisotopic (exact) mass is 316 g/mol. The Morgan fingerprint density at radius 2 is 1.87 bits per heavy atom. The Labute approximate surface area is 131 Å². The summed E-state index contributed by atoms with van der Waals surface area (Å²) in [7, 11) is 0. The van der Waals surface area contributed by atoms with Crippen LogP contribution in [0.2, 0.25) is 0 Å². The molecule has 0 saturated carbocycles. The first-order valence-electron chi connectivity index (χ1n) is 7.10. The summed E-state index contributed by atoms with van der Waals surface area (Å²) in [5.41, 5.74) is 1.89. The van der Waals surface area contributed by atoms with Gasteiger partial charge in [0.1, 0.15) is 11.6 Å². The van der Waals surface area contributed by atoms with Crippen LogP contribution in [0.15, 0.2) is 36.4 Å². The number of aryl methyl sites for hydroxylation is 1. The predicted molar refractivity (Wildman–Crippen MR) is 82.2 cm³/mol. The second-order valence-electron chi connectivity index (χ2n) is 5.48. The Hall–Kier alpha value is -2.76. The van der Waals surface area contributed by atoms with Crippen LogP contribution in [0, 0.1) is 18.6 Å². The van der Waals surface area contributed by atoms with Crippen molar-refractivity contribution >= 4 is 23.2 Å². The van der Waals surface area contributed by atoms with Gasteiger partial charge in [0.25, 0.3) is 0 Å². The molecular formula is C17H14F2N2O2. The van der Waals surface area contributed by atoms with Gasteiger partial charge in [-0.3, -0.25) is 9.59 Å². The SMILES string of the molecule is Cc1ccc(F)cc1NC(=O)C1CC(=O)Nc2cc(F)ccc21. The lowest BCUT2D eigenvalue weighted by molar-refractivity contribution is -0.123. The molecule has 0 spiro atoms. The number of carbonyl (C=O) groups is 2. The van der Waals surface area contributed by atoms with Gasteiger partial charge >= 0.3 is 0 Å². The Kier molecular flexibility index (Phi) is 3.82. The minimum atomic E-state index is -0.748. The Balaban J connectivity index is 1.91. The van der Waals surface area contributed by atoms with E-state index in [1.54, 1.807) is 13.0 Å². The number of halogens is 2. The molecule has 0 aliphatic carbocycles. The maximum absolute atomic E-state index is 13.3. The maximum atomic E-state index is 13.3. The number of nitrogens with one attached hydrogen (secondary N) is 2. The molecular weight excluding hydrogens is 302 g/mol. The molecule has 3 rings (SSSR count). The molecule has 4 nitrogen and oxygen atoms in total. The second kappa shape index (κ2) is 5.79. The van der Waals surface area contributed by atoms with Crippen molar-refractivity contribution in [1.29, 1.82) is 0 Å². The highest BCUT2D eigenvalue weighted by molar-refractivity contribution is 6.05. The topological polar surface area (TPSA) is 58.2 Å². The minimum absolute atomic E-state index is 0.0428. The number of carbonyl (C=O) groups excluding carboxylic acids is 2. The molecule has 1 unspecified atom stereocenters. The van der Waals surface area contributed by atoms with Crippen molar-refractivity contribution in [2.75, 3.05) is 10.6 Å². The van der Waals surface area contributed by atoms with Crippen LogP contribution in [0.4, 0.5) is 20.2 Å². The summed E-state index contributed by atoms with van der Waals surface area (Å²) in [4.78, 5) is 24.3. The van der Waals surface area contributed by atoms with Crippen LogP contribution in [0.5, 0.6) is 0 Å². The molecule has 1 heterocycles. The van der Waals surface area contributed by atoms with Crippen molar-refractivity contribution in [2.24, 2.45) is 0 Å². The molecule has 1 atom stereocenters. The third kappa shape index (κ3) is 3.06.